The zero-order valence-electron chi connectivity index (χ0n) is 21.0. The lowest BCUT2D eigenvalue weighted by atomic mass is 10.0. The lowest BCUT2D eigenvalue weighted by Crippen LogP contribution is -2.09. The predicted molar refractivity (Wildman–Crippen MR) is 148 cm³/mol. The zero-order chi connectivity index (χ0) is 27.4. The third-order valence-corrected chi connectivity index (χ3v) is 6.40. The summed E-state index contributed by atoms with van der Waals surface area (Å²) in [6, 6.07) is 24.5. The van der Waals surface area contributed by atoms with Gasteiger partial charge in [-0.2, -0.15) is 0 Å². The first-order valence-electron chi connectivity index (χ1n) is 12.2. The van der Waals surface area contributed by atoms with Crippen LogP contribution in [-0.2, 0) is 6.42 Å². The lowest BCUT2D eigenvalue weighted by molar-refractivity contribution is 0.0734. The molecule has 0 spiro atoms. The van der Waals surface area contributed by atoms with E-state index < -0.39 is 5.97 Å². The van der Waals surface area contributed by atoms with Crippen LogP contribution in [0.3, 0.4) is 0 Å². The van der Waals surface area contributed by atoms with E-state index in [-0.39, 0.29) is 18.4 Å². The number of esters is 1. The number of allylic oxidation sites excluding steroid dienone is 2. The van der Waals surface area contributed by atoms with Gasteiger partial charge in [0.2, 0.25) is 6.79 Å². The highest BCUT2D eigenvalue weighted by atomic mass is 16.7. The molecule has 0 bridgehead atoms. The van der Waals surface area contributed by atoms with Gasteiger partial charge < -0.3 is 14.2 Å². The van der Waals surface area contributed by atoms with Gasteiger partial charge in [-0.05, 0) is 114 Å². The zero-order valence-corrected chi connectivity index (χ0v) is 21.0. The summed E-state index contributed by atoms with van der Waals surface area (Å²) in [4.78, 5) is 36.1. The van der Waals surface area contributed by atoms with E-state index in [4.69, 9.17) is 14.2 Å². The van der Waals surface area contributed by atoms with Gasteiger partial charge >= 0.3 is 5.97 Å². The molecule has 6 nitrogen and oxygen atoms in total. The number of benzene rings is 4. The Kier molecular flexibility index (Phi) is 7.19. The summed E-state index contributed by atoms with van der Waals surface area (Å²) in [5, 5.41) is 0. The van der Waals surface area contributed by atoms with Crippen molar-refractivity contribution in [3.05, 3.63) is 138 Å². The van der Waals surface area contributed by atoms with Gasteiger partial charge in [0.1, 0.15) is 17.2 Å². The van der Waals surface area contributed by atoms with Crippen LogP contribution >= 0.6 is 0 Å². The Hall–Kier alpha value is -5.23. The maximum atomic E-state index is 12.8. The van der Waals surface area contributed by atoms with Crippen LogP contribution in [0.2, 0.25) is 0 Å². The first kappa shape index (κ1) is 25.4. The second-order valence-corrected chi connectivity index (χ2v) is 8.85. The van der Waals surface area contributed by atoms with E-state index in [0.29, 0.717) is 40.4 Å². The van der Waals surface area contributed by atoms with Gasteiger partial charge in [0, 0.05) is 11.1 Å². The summed E-state index contributed by atoms with van der Waals surface area (Å²) in [7, 11) is 0. The molecule has 1 aliphatic rings. The Morgan fingerprint density at radius 3 is 1.72 bits per heavy atom. The van der Waals surface area contributed by atoms with E-state index in [1.807, 2.05) is 30.3 Å². The molecule has 0 amide bonds. The molecule has 39 heavy (non-hydrogen) atoms. The maximum Gasteiger partial charge on any atom is 0.343 e. The van der Waals surface area contributed by atoms with Gasteiger partial charge in [0.05, 0.1) is 5.56 Å². The Balaban J connectivity index is 1.20. The second kappa shape index (κ2) is 11.0. The molecule has 0 radical (unpaired) electrons. The van der Waals surface area contributed by atoms with Crippen molar-refractivity contribution in [3.63, 3.8) is 0 Å². The molecule has 4 aromatic rings. The molecule has 0 aliphatic heterocycles. The van der Waals surface area contributed by atoms with Crippen LogP contribution in [0, 0.1) is 0 Å². The molecular weight excluding hydrogens is 492 g/mol. The van der Waals surface area contributed by atoms with E-state index in [1.165, 1.54) is 12.2 Å². The molecule has 0 aromatic heterocycles. The van der Waals surface area contributed by atoms with Crippen LogP contribution in [0.4, 0.5) is 0 Å². The summed E-state index contributed by atoms with van der Waals surface area (Å²) in [6.07, 6.45) is 3.16. The van der Waals surface area contributed by atoms with Crippen LogP contribution in [-0.4, -0.2) is 24.3 Å². The largest absolute Gasteiger partial charge is 0.458 e. The first-order chi connectivity index (χ1) is 18.9. The van der Waals surface area contributed by atoms with E-state index in [0.717, 1.165) is 22.3 Å². The molecule has 1 aliphatic carbocycles. The molecule has 0 heterocycles. The molecule has 0 N–H and O–H groups in total. The minimum Gasteiger partial charge on any atom is -0.458 e. The number of carbonyl (C=O) groups is 3. The quantitative estimate of drug-likeness (QED) is 0.0682. The Labute approximate surface area is 225 Å². The van der Waals surface area contributed by atoms with Gasteiger partial charge in [-0.1, -0.05) is 25.3 Å². The summed E-state index contributed by atoms with van der Waals surface area (Å²) in [6.45, 7) is 6.97. The van der Waals surface area contributed by atoms with Crippen LogP contribution in [0.15, 0.2) is 110 Å². The SMILES string of the molecule is C=CC(=O)c1ccc(OCOc2ccc3c(c2)Cc2cc(C(=O)Oc4ccc(C(=O)C=C)cc4)ccc2-3)cc1. The van der Waals surface area contributed by atoms with Gasteiger partial charge in [-0.3, -0.25) is 9.59 Å². The highest BCUT2D eigenvalue weighted by molar-refractivity contribution is 6.04. The van der Waals surface area contributed by atoms with Gasteiger partial charge in [0.25, 0.3) is 0 Å². The van der Waals surface area contributed by atoms with Gasteiger partial charge in [-0.25, -0.2) is 4.79 Å². The highest BCUT2D eigenvalue weighted by Crippen LogP contribution is 2.39. The standard InChI is InChI=1S/C33H24O6/c1-3-31(34)21-5-10-26(11-6-21)37-20-38-28-14-16-30-25(19-28)18-24-17-23(9-15-29(24)30)33(36)39-27-12-7-22(8-13-27)32(35)4-2/h3-17,19H,1-2,18,20H2. The average molecular weight is 517 g/mol. The molecule has 0 saturated heterocycles. The topological polar surface area (TPSA) is 78.9 Å². The van der Waals surface area contributed by atoms with E-state index in [1.54, 1.807) is 54.6 Å². The van der Waals surface area contributed by atoms with Crippen molar-refractivity contribution in [1.29, 1.82) is 0 Å². The van der Waals surface area contributed by atoms with Crippen molar-refractivity contribution < 1.29 is 28.6 Å². The summed E-state index contributed by atoms with van der Waals surface area (Å²) in [5.41, 5.74) is 5.72. The van der Waals surface area contributed by atoms with Crippen molar-refractivity contribution >= 4 is 17.5 Å². The van der Waals surface area contributed by atoms with Crippen molar-refractivity contribution in [3.8, 4) is 28.4 Å². The Morgan fingerprint density at radius 1 is 0.615 bits per heavy atom. The molecule has 0 saturated carbocycles. The van der Waals surface area contributed by atoms with Crippen molar-refractivity contribution in [2.75, 3.05) is 6.79 Å². The first-order valence-corrected chi connectivity index (χ1v) is 12.2. The van der Waals surface area contributed by atoms with Crippen LogP contribution < -0.4 is 14.2 Å². The summed E-state index contributed by atoms with van der Waals surface area (Å²) < 4.78 is 16.9. The average Bonchev–Trinajstić information content (AvgIpc) is 3.34. The molecule has 6 heteroatoms. The minimum absolute atomic E-state index is 0.0131. The van der Waals surface area contributed by atoms with Crippen LogP contribution in [0.5, 0.6) is 17.2 Å². The number of carbonyl (C=O) groups excluding carboxylic acids is 3. The summed E-state index contributed by atoms with van der Waals surface area (Å²) in [5.74, 6) is 0.797. The molecule has 0 unspecified atom stereocenters. The lowest BCUT2D eigenvalue weighted by Gasteiger charge is -2.10. The number of rotatable bonds is 10. The number of hydrogen-bond acceptors (Lipinski definition) is 6. The van der Waals surface area contributed by atoms with Crippen LogP contribution in [0.25, 0.3) is 11.1 Å². The van der Waals surface area contributed by atoms with Crippen LogP contribution in [0.1, 0.15) is 42.2 Å². The second-order valence-electron chi connectivity index (χ2n) is 8.85. The monoisotopic (exact) mass is 516 g/mol. The van der Waals surface area contributed by atoms with Gasteiger partial charge in [0.15, 0.2) is 11.6 Å². The van der Waals surface area contributed by atoms with E-state index in [9.17, 15) is 14.4 Å². The normalized spacial score (nSPS) is 11.1. The van der Waals surface area contributed by atoms with E-state index >= 15 is 0 Å². The van der Waals surface area contributed by atoms with Crippen molar-refractivity contribution in [1.82, 2.24) is 0 Å². The number of ether oxygens (including phenoxy) is 3. The molecule has 5 rings (SSSR count). The fraction of sp³-hybridized carbons (Fsp3) is 0.0606. The third kappa shape index (κ3) is 5.55. The molecule has 0 atom stereocenters. The van der Waals surface area contributed by atoms with E-state index in [2.05, 4.69) is 13.2 Å². The highest BCUT2D eigenvalue weighted by Gasteiger charge is 2.21. The Morgan fingerprint density at radius 2 is 1.10 bits per heavy atom. The summed E-state index contributed by atoms with van der Waals surface area (Å²) >= 11 is 0. The van der Waals surface area contributed by atoms with Gasteiger partial charge in [-0.15, -0.1) is 0 Å². The number of hydrogen-bond donors (Lipinski definition) is 0. The van der Waals surface area contributed by atoms with Crippen molar-refractivity contribution in [2.24, 2.45) is 0 Å². The smallest absolute Gasteiger partial charge is 0.343 e. The molecule has 192 valence electrons. The third-order valence-electron chi connectivity index (χ3n) is 6.40. The fourth-order valence-corrected chi connectivity index (χ4v) is 4.37. The molecular formula is C33H24O6. The van der Waals surface area contributed by atoms with Crippen molar-refractivity contribution in [2.45, 2.75) is 6.42 Å². The maximum absolute atomic E-state index is 12.8. The molecule has 4 aromatic carbocycles. The number of ketones is 2. The minimum atomic E-state index is -0.473. The fourth-order valence-electron chi connectivity index (χ4n) is 4.37. The molecule has 0 fully saturated rings. The Bertz CT molecular complexity index is 1600. The number of fused-ring (bicyclic) bond motifs is 3. The predicted octanol–water partition coefficient (Wildman–Crippen LogP) is 6.63.